The second-order valence-electron chi connectivity index (χ2n) is 6.57. The largest absolute Gasteiger partial charge is 0.293 e. The molecule has 1 heterocycles. The average molecular weight is 364 g/mol. The molecule has 0 saturated carbocycles. The molecule has 6 heteroatoms. The lowest BCUT2D eigenvalue weighted by molar-refractivity contribution is 0.0993. The number of benzene rings is 2. The minimum absolute atomic E-state index is 0.124. The minimum Gasteiger partial charge on any atom is -0.293 e. The van der Waals surface area contributed by atoms with Gasteiger partial charge in [-0.15, -0.1) is 5.10 Å². The lowest BCUT2D eigenvalue weighted by Crippen LogP contribution is -2.15. The first kappa shape index (κ1) is 17.0. The van der Waals surface area contributed by atoms with Gasteiger partial charge in [-0.05, 0) is 59.4 Å². The maximum atomic E-state index is 12.8. The normalized spacial score (nSPS) is 14.2. The zero-order valence-electron chi connectivity index (χ0n) is 14.6. The molecule has 0 fully saturated rings. The van der Waals surface area contributed by atoms with Gasteiger partial charge in [0, 0.05) is 5.56 Å². The fraction of sp³-hybridized carbons (Fsp3) is 0.300. The van der Waals surface area contributed by atoms with Gasteiger partial charge in [0.05, 0.1) is 11.8 Å². The number of hydrogen-bond acceptors (Lipinski definition) is 5. The molecule has 1 unspecified atom stereocenters. The van der Waals surface area contributed by atoms with Crippen LogP contribution in [0.25, 0.3) is 0 Å². The zero-order valence-corrected chi connectivity index (χ0v) is 15.4. The summed E-state index contributed by atoms with van der Waals surface area (Å²) in [6.07, 6.45) is 3.39. The van der Waals surface area contributed by atoms with Crippen molar-refractivity contribution < 1.29 is 4.79 Å². The first-order valence-electron chi connectivity index (χ1n) is 8.83. The van der Waals surface area contributed by atoms with E-state index in [1.165, 1.54) is 29.3 Å². The second-order valence-corrected chi connectivity index (χ2v) is 7.87. The monoisotopic (exact) mass is 364 g/mol. The summed E-state index contributed by atoms with van der Waals surface area (Å²) < 4.78 is 1.74. The maximum absolute atomic E-state index is 12.8. The van der Waals surface area contributed by atoms with E-state index in [1.807, 2.05) is 43.3 Å². The van der Waals surface area contributed by atoms with Crippen molar-refractivity contribution in [2.75, 3.05) is 0 Å². The Morgan fingerprint density at radius 1 is 1.15 bits per heavy atom. The van der Waals surface area contributed by atoms with Gasteiger partial charge in [-0.1, -0.05) is 54.2 Å². The first-order valence-corrected chi connectivity index (χ1v) is 9.71. The van der Waals surface area contributed by atoms with Gasteiger partial charge < -0.3 is 0 Å². The fourth-order valence-electron chi connectivity index (χ4n) is 3.31. The summed E-state index contributed by atoms with van der Waals surface area (Å²) in [7, 11) is 0. The van der Waals surface area contributed by atoms with Crippen molar-refractivity contribution >= 4 is 17.5 Å². The molecule has 3 aromatic rings. The molecule has 0 radical (unpaired) electrons. The maximum Gasteiger partial charge on any atom is 0.210 e. The molecule has 1 aromatic heterocycles. The molecule has 0 amide bonds. The number of tetrazole rings is 1. The Morgan fingerprint density at radius 2 is 1.96 bits per heavy atom. The summed E-state index contributed by atoms with van der Waals surface area (Å²) in [6.45, 7) is 2.51. The molecule has 0 aliphatic heterocycles. The molecule has 2 aromatic carbocycles. The van der Waals surface area contributed by atoms with Crippen molar-refractivity contribution in [1.29, 1.82) is 0 Å². The molecule has 5 nitrogen and oxygen atoms in total. The van der Waals surface area contributed by atoms with Gasteiger partial charge in [0.2, 0.25) is 5.16 Å². The number of nitrogens with zero attached hydrogens (tertiary/aromatic N) is 4. The first-order chi connectivity index (χ1) is 12.7. The molecule has 0 saturated heterocycles. The van der Waals surface area contributed by atoms with Crippen LogP contribution in [0.3, 0.4) is 0 Å². The fourth-order valence-corrected chi connectivity index (χ4v) is 4.17. The van der Waals surface area contributed by atoms with Crippen LogP contribution in [0.5, 0.6) is 0 Å². The Balaban J connectivity index is 1.47. The second kappa shape index (κ2) is 7.41. The third kappa shape index (κ3) is 3.55. The summed E-state index contributed by atoms with van der Waals surface area (Å²) in [5.41, 5.74) is 4.61. The lowest BCUT2D eigenvalue weighted by Gasteiger charge is -2.11. The number of thioether (sulfide) groups is 1. The summed E-state index contributed by atoms with van der Waals surface area (Å²) in [4.78, 5) is 12.8. The molecule has 0 spiro atoms. The van der Waals surface area contributed by atoms with Crippen LogP contribution in [-0.4, -0.2) is 31.2 Å². The number of fused-ring (bicyclic) bond motifs is 1. The molecule has 1 aliphatic carbocycles. The molecule has 0 N–H and O–H groups in total. The third-order valence-electron chi connectivity index (χ3n) is 4.71. The Morgan fingerprint density at radius 3 is 2.81 bits per heavy atom. The van der Waals surface area contributed by atoms with Crippen LogP contribution in [0, 0.1) is 0 Å². The van der Waals surface area contributed by atoms with E-state index in [0.29, 0.717) is 11.7 Å². The number of Topliss-reactive ketones (excluding diaryl/α,β-unsaturated/α-hetero) is 1. The van der Waals surface area contributed by atoms with E-state index in [1.54, 1.807) is 4.68 Å². The third-order valence-corrected chi connectivity index (χ3v) is 5.78. The smallest absolute Gasteiger partial charge is 0.210 e. The Labute approximate surface area is 156 Å². The topological polar surface area (TPSA) is 60.7 Å². The van der Waals surface area contributed by atoms with E-state index >= 15 is 0 Å². The van der Waals surface area contributed by atoms with E-state index in [2.05, 4.69) is 27.7 Å². The highest BCUT2D eigenvalue weighted by atomic mass is 32.2. The predicted octanol–water partition coefficient (Wildman–Crippen LogP) is 3.57. The van der Waals surface area contributed by atoms with Crippen LogP contribution in [0.1, 0.15) is 40.4 Å². The van der Waals surface area contributed by atoms with Gasteiger partial charge >= 0.3 is 0 Å². The Hall–Kier alpha value is -2.47. The lowest BCUT2D eigenvalue weighted by atomic mass is 10.0. The van der Waals surface area contributed by atoms with E-state index < -0.39 is 0 Å². The molecule has 1 aliphatic rings. The average Bonchev–Trinajstić information content (AvgIpc) is 3.30. The van der Waals surface area contributed by atoms with Crippen LogP contribution in [-0.2, 0) is 19.4 Å². The number of rotatable bonds is 6. The predicted molar refractivity (Wildman–Crippen MR) is 101 cm³/mol. The molecular weight excluding hydrogens is 344 g/mol. The molecule has 132 valence electrons. The molecule has 0 bridgehead atoms. The minimum atomic E-state index is -0.241. The van der Waals surface area contributed by atoms with Crippen LogP contribution in [0.15, 0.2) is 53.7 Å². The highest BCUT2D eigenvalue weighted by molar-refractivity contribution is 8.00. The van der Waals surface area contributed by atoms with Gasteiger partial charge in [0.25, 0.3) is 0 Å². The van der Waals surface area contributed by atoms with Crippen molar-refractivity contribution in [2.24, 2.45) is 0 Å². The van der Waals surface area contributed by atoms with Gasteiger partial charge in [0.1, 0.15) is 0 Å². The van der Waals surface area contributed by atoms with Crippen molar-refractivity contribution in [3.63, 3.8) is 0 Å². The molecular formula is C20H20N4OS. The number of ketones is 1. The van der Waals surface area contributed by atoms with E-state index in [4.69, 9.17) is 0 Å². The molecule has 4 rings (SSSR count). The van der Waals surface area contributed by atoms with Crippen LogP contribution >= 0.6 is 11.8 Å². The van der Waals surface area contributed by atoms with Gasteiger partial charge in [-0.2, -0.15) is 0 Å². The Bertz CT molecular complexity index is 923. The summed E-state index contributed by atoms with van der Waals surface area (Å²) >= 11 is 1.41. The quantitative estimate of drug-likeness (QED) is 0.494. The van der Waals surface area contributed by atoms with Gasteiger partial charge in [-0.3, -0.25) is 4.79 Å². The number of aryl methyl sites for hydroxylation is 2. The van der Waals surface area contributed by atoms with Crippen LogP contribution in [0.2, 0.25) is 0 Å². The zero-order chi connectivity index (χ0) is 17.9. The highest BCUT2D eigenvalue weighted by Gasteiger charge is 2.21. The summed E-state index contributed by atoms with van der Waals surface area (Å²) in [5.74, 6) is 0.124. The summed E-state index contributed by atoms with van der Waals surface area (Å²) in [6, 6.07) is 16.2. The van der Waals surface area contributed by atoms with Gasteiger partial charge in [0.15, 0.2) is 5.78 Å². The molecule has 26 heavy (non-hydrogen) atoms. The van der Waals surface area contributed by atoms with Crippen molar-refractivity contribution in [3.05, 3.63) is 70.8 Å². The summed E-state index contributed by atoms with van der Waals surface area (Å²) in [5, 5.41) is 12.4. The number of carbonyl (C=O) groups excluding carboxylic acids is 1. The molecule has 1 atom stereocenters. The van der Waals surface area contributed by atoms with E-state index in [-0.39, 0.29) is 11.0 Å². The standard InChI is InChI=1S/C20H20N4OS/c1-14(19(25)18-11-10-16-8-5-9-17(16)12-18)26-20-21-22-23-24(20)13-15-6-3-2-4-7-15/h2-4,6-7,10-12,14H,5,8-9,13H2,1H3. The van der Waals surface area contributed by atoms with E-state index in [0.717, 1.165) is 24.0 Å². The van der Waals surface area contributed by atoms with Gasteiger partial charge in [-0.25, -0.2) is 4.68 Å². The van der Waals surface area contributed by atoms with Crippen LogP contribution < -0.4 is 0 Å². The van der Waals surface area contributed by atoms with Crippen molar-refractivity contribution in [2.45, 2.75) is 43.1 Å². The highest BCUT2D eigenvalue weighted by Crippen LogP contribution is 2.27. The number of hydrogen-bond donors (Lipinski definition) is 0. The van der Waals surface area contributed by atoms with E-state index in [9.17, 15) is 4.79 Å². The number of carbonyl (C=O) groups is 1. The number of aromatic nitrogens is 4. The van der Waals surface area contributed by atoms with Crippen LogP contribution in [0.4, 0.5) is 0 Å². The SMILES string of the molecule is CC(Sc1nnnn1Cc1ccccc1)C(=O)c1ccc2c(c1)CCC2. The van der Waals surface area contributed by atoms with Crippen molar-refractivity contribution in [3.8, 4) is 0 Å². The Kier molecular flexibility index (Phi) is 4.84. The van der Waals surface area contributed by atoms with Crippen molar-refractivity contribution in [1.82, 2.24) is 20.2 Å².